The number of carbonyl (C=O) groups excluding carboxylic acids is 1. The van der Waals surface area contributed by atoms with E-state index in [1.54, 1.807) is 34.9 Å². The van der Waals surface area contributed by atoms with Crippen molar-refractivity contribution in [2.75, 3.05) is 19.0 Å². The van der Waals surface area contributed by atoms with Gasteiger partial charge in [-0.15, -0.1) is 10.2 Å². The fraction of sp³-hybridized carbons (Fsp3) is 0.160. The summed E-state index contributed by atoms with van der Waals surface area (Å²) in [7, 11) is -3.64. The molecule has 0 amide bonds. The minimum Gasteiger partial charge on any atom is -0.490 e. The molecule has 10 heteroatoms. The van der Waals surface area contributed by atoms with Gasteiger partial charge in [-0.05, 0) is 36.4 Å². The molecule has 8 nitrogen and oxygen atoms in total. The van der Waals surface area contributed by atoms with E-state index in [4.69, 9.17) is 9.47 Å². The topological polar surface area (TPSA) is 100 Å². The molecule has 0 unspecified atom stereocenters. The maximum absolute atomic E-state index is 12.9. The van der Waals surface area contributed by atoms with Crippen molar-refractivity contribution in [3.05, 3.63) is 96.8 Å². The average molecular weight is 510 g/mol. The van der Waals surface area contributed by atoms with E-state index < -0.39 is 15.8 Å². The van der Waals surface area contributed by atoms with Gasteiger partial charge in [0.2, 0.25) is 0 Å². The minimum absolute atomic E-state index is 0.0122. The third-order valence-electron chi connectivity index (χ3n) is 4.81. The molecule has 1 heterocycles. The summed E-state index contributed by atoms with van der Waals surface area (Å²) in [6.07, 6.45) is 0. The minimum atomic E-state index is -3.64. The molecule has 0 bridgehead atoms. The number of hydrogen-bond acceptors (Lipinski definition) is 8. The highest BCUT2D eigenvalue weighted by Gasteiger charge is 2.23. The van der Waals surface area contributed by atoms with E-state index in [0.717, 1.165) is 11.8 Å². The van der Waals surface area contributed by atoms with Crippen LogP contribution in [0.5, 0.6) is 5.75 Å². The molecule has 1 aromatic heterocycles. The maximum atomic E-state index is 12.9. The molecule has 0 aliphatic heterocycles. The first kappa shape index (κ1) is 24.5. The number of thioether (sulfide) groups is 1. The zero-order valence-electron chi connectivity index (χ0n) is 18.7. The molecule has 180 valence electrons. The number of carbonyl (C=O) groups is 1. The summed E-state index contributed by atoms with van der Waals surface area (Å²) in [5, 5.41) is 8.68. The zero-order valence-corrected chi connectivity index (χ0v) is 20.3. The van der Waals surface area contributed by atoms with Gasteiger partial charge in [0.1, 0.15) is 24.7 Å². The predicted octanol–water partition coefficient (Wildman–Crippen LogP) is 3.96. The normalized spacial score (nSPS) is 11.2. The lowest BCUT2D eigenvalue weighted by Crippen LogP contribution is -2.14. The van der Waals surface area contributed by atoms with E-state index in [-0.39, 0.29) is 35.4 Å². The van der Waals surface area contributed by atoms with Crippen molar-refractivity contribution in [2.45, 2.75) is 15.8 Å². The van der Waals surface area contributed by atoms with Crippen LogP contribution in [0.2, 0.25) is 0 Å². The van der Waals surface area contributed by atoms with E-state index >= 15 is 0 Å². The Bertz CT molecular complexity index is 1350. The Morgan fingerprint density at radius 3 is 2.14 bits per heavy atom. The van der Waals surface area contributed by atoms with Crippen LogP contribution >= 0.6 is 11.8 Å². The van der Waals surface area contributed by atoms with E-state index in [1.165, 1.54) is 0 Å². The first-order valence-corrected chi connectivity index (χ1v) is 13.4. The van der Waals surface area contributed by atoms with Gasteiger partial charge in [-0.2, -0.15) is 0 Å². The summed E-state index contributed by atoms with van der Waals surface area (Å²) in [5.41, 5.74) is 0.697. The molecule has 0 saturated carbocycles. The summed E-state index contributed by atoms with van der Waals surface area (Å²) >= 11 is 1.13. The summed E-state index contributed by atoms with van der Waals surface area (Å²) in [4.78, 5) is 12.5. The van der Waals surface area contributed by atoms with Crippen molar-refractivity contribution in [2.24, 2.45) is 0 Å². The van der Waals surface area contributed by atoms with Crippen molar-refractivity contribution >= 4 is 27.6 Å². The first-order valence-electron chi connectivity index (χ1n) is 10.8. The number of benzene rings is 3. The van der Waals surface area contributed by atoms with Crippen LogP contribution in [0, 0.1) is 0 Å². The Hall–Kier alpha value is -3.63. The third kappa shape index (κ3) is 6.71. The first-order chi connectivity index (χ1) is 17.0. The Kier molecular flexibility index (Phi) is 8.17. The number of para-hydroxylation sites is 2. The number of nitrogens with zero attached hydrogens (tertiary/aromatic N) is 3. The van der Waals surface area contributed by atoms with Crippen LogP contribution in [0.1, 0.15) is 5.82 Å². The fourth-order valence-corrected chi connectivity index (χ4v) is 5.24. The van der Waals surface area contributed by atoms with E-state index in [1.807, 2.05) is 60.7 Å². The fourth-order valence-electron chi connectivity index (χ4n) is 3.20. The molecule has 0 aliphatic carbocycles. The van der Waals surface area contributed by atoms with Crippen molar-refractivity contribution in [3.8, 4) is 11.4 Å². The van der Waals surface area contributed by atoms with Gasteiger partial charge in [0, 0.05) is 5.69 Å². The standard InChI is InChI=1S/C25H23N3O5S2/c29-24(33-17-16-32-21-12-6-2-7-13-21)18-34-25-27-26-23(28(25)20-10-4-1-5-11-20)19-35(30,31)22-14-8-3-9-15-22/h1-15H,16-19H2. The summed E-state index contributed by atoms with van der Waals surface area (Å²) in [5.74, 6) is 0.175. The van der Waals surface area contributed by atoms with E-state index in [2.05, 4.69) is 10.2 Å². The second-order valence-electron chi connectivity index (χ2n) is 7.31. The number of rotatable bonds is 11. The highest BCUT2D eigenvalue weighted by atomic mass is 32.2. The SMILES string of the molecule is O=C(CSc1nnc(CS(=O)(=O)c2ccccc2)n1-c1ccccc1)OCCOc1ccccc1. The lowest BCUT2D eigenvalue weighted by Gasteiger charge is -2.11. The van der Waals surface area contributed by atoms with Gasteiger partial charge >= 0.3 is 5.97 Å². The van der Waals surface area contributed by atoms with Crippen molar-refractivity contribution in [3.63, 3.8) is 0 Å². The lowest BCUT2D eigenvalue weighted by atomic mass is 10.3. The number of esters is 1. The molecular weight excluding hydrogens is 486 g/mol. The van der Waals surface area contributed by atoms with Crippen LogP contribution in [0.4, 0.5) is 0 Å². The Morgan fingerprint density at radius 2 is 1.46 bits per heavy atom. The molecule has 3 aromatic carbocycles. The third-order valence-corrected chi connectivity index (χ3v) is 7.34. The monoisotopic (exact) mass is 509 g/mol. The predicted molar refractivity (Wildman–Crippen MR) is 132 cm³/mol. The van der Waals surface area contributed by atoms with Crippen molar-refractivity contribution < 1.29 is 22.7 Å². The molecule has 0 fully saturated rings. The van der Waals surface area contributed by atoms with Gasteiger partial charge in [-0.25, -0.2) is 8.42 Å². The van der Waals surface area contributed by atoms with Crippen LogP contribution in [-0.4, -0.2) is 48.1 Å². The second kappa shape index (κ2) is 11.7. The number of hydrogen-bond donors (Lipinski definition) is 0. The highest BCUT2D eigenvalue weighted by molar-refractivity contribution is 7.99. The quantitative estimate of drug-likeness (QED) is 0.170. The molecule has 4 rings (SSSR count). The lowest BCUT2D eigenvalue weighted by molar-refractivity contribution is -0.141. The number of sulfone groups is 1. The summed E-state index contributed by atoms with van der Waals surface area (Å²) in [6, 6.07) is 26.6. The van der Waals surface area contributed by atoms with Crippen LogP contribution in [0.25, 0.3) is 5.69 Å². The molecule has 0 saturated heterocycles. The number of ether oxygens (including phenoxy) is 2. The van der Waals surface area contributed by atoms with Crippen LogP contribution < -0.4 is 4.74 Å². The van der Waals surface area contributed by atoms with E-state index in [9.17, 15) is 13.2 Å². The molecule has 0 atom stereocenters. The molecule has 0 N–H and O–H groups in total. The van der Waals surface area contributed by atoms with Gasteiger partial charge < -0.3 is 9.47 Å². The van der Waals surface area contributed by atoms with Gasteiger partial charge in [0.05, 0.1) is 10.6 Å². The average Bonchev–Trinajstić information content (AvgIpc) is 3.28. The summed E-state index contributed by atoms with van der Waals surface area (Å²) < 4.78 is 38.3. The van der Waals surface area contributed by atoms with Crippen LogP contribution in [-0.2, 0) is 25.1 Å². The molecular formula is C25H23N3O5S2. The second-order valence-corrected chi connectivity index (χ2v) is 10.2. The van der Waals surface area contributed by atoms with Crippen LogP contribution in [0.15, 0.2) is 101 Å². The Morgan fingerprint density at radius 1 is 0.829 bits per heavy atom. The molecule has 4 aromatic rings. The van der Waals surface area contributed by atoms with Gasteiger partial charge in [0.15, 0.2) is 20.8 Å². The molecule has 0 aliphatic rings. The van der Waals surface area contributed by atoms with Gasteiger partial charge in [0.25, 0.3) is 0 Å². The highest BCUT2D eigenvalue weighted by Crippen LogP contribution is 2.25. The van der Waals surface area contributed by atoms with Crippen molar-refractivity contribution in [1.82, 2.24) is 14.8 Å². The number of aromatic nitrogens is 3. The smallest absolute Gasteiger partial charge is 0.316 e. The molecule has 0 radical (unpaired) electrons. The molecule has 35 heavy (non-hydrogen) atoms. The van der Waals surface area contributed by atoms with Gasteiger partial charge in [-0.1, -0.05) is 66.4 Å². The maximum Gasteiger partial charge on any atom is 0.316 e. The van der Waals surface area contributed by atoms with Crippen molar-refractivity contribution in [1.29, 1.82) is 0 Å². The Labute approximate surface area is 207 Å². The summed E-state index contributed by atoms with van der Waals surface area (Å²) in [6.45, 7) is 0.350. The molecule has 0 spiro atoms. The Balaban J connectivity index is 1.42. The van der Waals surface area contributed by atoms with Gasteiger partial charge in [-0.3, -0.25) is 9.36 Å². The zero-order chi connectivity index (χ0) is 24.5. The largest absolute Gasteiger partial charge is 0.490 e. The van der Waals surface area contributed by atoms with Crippen LogP contribution in [0.3, 0.4) is 0 Å². The van der Waals surface area contributed by atoms with E-state index in [0.29, 0.717) is 16.6 Å².